The normalized spacial score (nSPS) is 50.6. The summed E-state index contributed by atoms with van der Waals surface area (Å²) < 4.78 is 0. The van der Waals surface area contributed by atoms with Crippen molar-refractivity contribution in [1.29, 1.82) is 0 Å². The van der Waals surface area contributed by atoms with Gasteiger partial charge in [0, 0.05) is 0 Å². The van der Waals surface area contributed by atoms with Gasteiger partial charge in [-0.3, -0.25) is 0 Å². The molecule has 0 saturated heterocycles. The summed E-state index contributed by atoms with van der Waals surface area (Å²) in [5.41, 5.74) is 0.703. The van der Waals surface area contributed by atoms with Gasteiger partial charge in [-0.1, -0.05) is 32.4 Å². The summed E-state index contributed by atoms with van der Waals surface area (Å²) in [6.07, 6.45) is 8.97. The fourth-order valence-corrected chi connectivity index (χ4v) is 2.66. The van der Waals surface area contributed by atoms with Crippen LogP contribution in [0.3, 0.4) is 0 Å². The monoisotopic (exact) mass is 136 g/mol. The van der Waals surface area contributed by atoms with Crippen LogP contribution in [0.2, 0.25) is 0 Å². The molecular weight excluding hydrogens is 120 g/mol. The highest BCUT2D eigenvalue weighted by Gasteiger charge is 2.48. The molecule has 0 aromatic carbocycles. The lowest BCUT2D eigenvalue weighted by atomic mass is 9.55. The third-order valence-corrected chi connectivity index (χ3v) is 3.69. The average Bonchev–Trinajstić information content (AvgIpc) is 2.30. The molecule has 0 aromatic rings. The largest absolute Gasteiger partial charge is 0.0879 e. The Labute approximate surface area is 63.3 Å². The summed E-state index contributed by atoms with van der Waals surface area (Å²) in [7, 11) is 0. The van der Waals surface area contributed by atoms with E-state index in [1.54, 1.807) is 0 Å². The summed E-state index contributed by atoms with van der Waals surface area (Å²) in [6, 6.07) is 0. The summed E-state index contributed by atoms with van der Waals surface area (Å²) in [5, 5.41) is 0. The van der Waals surface area contributed by atoms with Crippen LogP contribution in [0, 0.1) is 17.3 Å². The fourth-order valence-electron chi connectivity index (χ4n) is 2.66. The summed E-state index contributed by atoms with van der Waals surface area (Å²) >= 11 is 0. The van der Waals surface area contributed by atoms with Crippen LogP contribution >= 0.6 is 0 Å². The van der Waals surface area contributed by atoms with Crippen molar-refractivity contribution in [2.45, 2.75) is 33.1 Å². The van der Waals surface area contributed by atoms with Crippen LogP contribution in [0.15, 0.2) is 12.2 Å². The number of allylic oxidation sites excluding steroid dienone is 2. The van der Waals surface area contributed by atoms with Gasteiger partial charge in [-0.05, 0) is 30.1 Å². The summed E-state index contributed by atoms with van der Waals surface area (Å²) in [4.78, 5) is 0. The Bertz CT molecular complexity index is 169. The van der Waals surface area contributed by atoms with Crippen LogP contribution in [0.25, 0.3) is 0 Å². The topological polar surface area (TPSA) is 0 Å². The van der Waals surface area contributed by atoms with Crippen molar-refractivity contribution in [3.63, 3.8) is 0 Å². The van der Waals surface area contributed by atoms with Gasteiger partial charge in [0.15, 0.2) is 0 Å². The minimum atomic E-state index is 0.703. The van der Waals surface area contributed by atoms with Crippen molar-refractivity contribution in [2.24, 2.45) is 17.3 Å². The standard InChI is InChI=1S/C10H16/c1-3-10(2)7-8-5-4-6-9(8)10/h4-5,8-9H,3,6-7H2,1-2H3. The van der Waals surface area contributed by atoms with Crippen LogP contribution in [0.1, 0.15) is 33.1 Å². The van der Waals surface area contributed by atoms with Crippen LogP contribution in [-0.4, -0.2) is 0 Å². The van der Waals surface area contributed by atoms with E-state index in [9.17, 15) is 0 Å². The second-order valence-corrected chi connectivity index (χ2v) is 4.15. The second kappa shape index (κ2) is 1.87. The molecule has 3 atom stereocenters. The highest BCUT2D eigenvalue weighted by atomic mass is 14.5. The predicted molar refractivity (Wildman–Crippen MR) is 43.8 cm³/mol. The predicted octanol–water partition coefficient (Wildman–Crippen LogP) is 3.00. The van der Waals surface area contributed by atoms with E-state index < -0.39 is 0 Å². The zero-order valence-electron chi connectivity index (χ0n) is 6.93. The maximum Gasteiger partial charge on any atom is -0.0192 e. The van der Waals surface area contributed by atoms with Crippen molar-refractivity contribution in [2.75, 3.05) is 0 Å². The molecule has 56 valence electrons. The Balaban J connectivity index is 2.08. The van der Waals surface area contributed by atoms with E-state index in [0.29, 0.717) is 5.41 Å². The molecule has 2 aliphatic carbocycles. The zero-order chi connectivity index (χ0) is 7.19. The molecular formula is C10H16. The molecule has 2 rings (SSSR count). The lowest BCUT2D eigenvalue weighted by Crippen LogP contribution is -2.42. The van der Waals surface area contributed by atoms with Crippen LogP contribution in [0.5, 0.6) is 0 Å². The smallest absolute Gasteiger partial charge is 0.0192 e. The van der Waals surface area contributed by atoms with Crippen LogP contribution in [-0.2, 0) is 0 Å². The minimum absolute atomic E-state index is 0.703. The van der Waals surface area contributed by atoms with Gasteiger partial charge >= 0.3 is 0 Å². The number of hydrogen-bond acceptors (Lipinski definition) is 0. The summed E-state index contributed by atoms with van der Waals surface area (Å²) in [5.74, 6) is 1.97. The highest BCUT2D eigenvalue weighted by Crippen LogP contribution is 2.57. The molecule has 3 unspecified atom stereocenters. The Hall–Kier alpha value is -0.260. The molecule has 0 aliphatic heterocycles. The molecule has 0 heteroatoms. The molecule has 0 amide bonds. The Kier molecular flexibility index (Phi) is 1.21. The van der Waals surface area contributed by atoms with Gasteiger partial charge in [0.2, 0.25) is 0 Å². The van der Waals surface area contributed by atoms with E-state index in [4.69, 9.17) is 0 Å². The summed E-state index contributed by atoms with van der Waals surface area (Å²) in [6.45, 7) is 4.77. The van der Waals surface area contributed by atoms with Gasteiger partial charge in [0.25, 0.3) is 0 Å². The molecule has 1 fully saturated rings. The van der Waals surface area contributed by atoms with E-state index in [1.807, 2.05) is 0 Å². The van der Waals surface area contributed by atoms with Gasteiger partial charge in [-0.25, -0.2) is 0 Å². The first-order valence-corrected chi connectivity index (χ1v) is 4.43. The molecule has 1 saturated carbocycles. The van der Waals surface area contributed by atoms with Gasteiger partial charge < -0.3 is 0 Å². The van der Waals surface area contributed by atoms with Crippen LogP contribution in [0.4, 0.5) is 0 Å². The Morgan fingerprint density at radius 3 is 3.00 bits per heavy atom. The van der Waals surface area contributed by atoms with E-state index in [1.165, 1.54) is 19.3 Å². The van der Waals surface area contributed by atoms with E-state index in [2.05, 4.69) is 26.0 Å². The first-order chi connectivity index (χ1) is 4.76. The molecule has 0 N–H and O–H groups in total. The Morgan fingerprint density at radius 1 is 1.60 bits per heavy atom. The van der Waals surface area contributed by atoms with Gasteiger partial charge in [-0.2, -0.15) is 0 Å². The quantitative estimate of drug-likeness (QED) is 0.486. The molecule has 0 radical (unpaired) electrons. The van der Waals surface area contributed by atoms with Gasteiger partial charge in [0.1, 0.15) is 0 Å². The zero-order valence-corrected chi connectivity index (χ0v) is 6.93. The maximum absolute atomic E-state index is 2.45. The van der Waals surface area contributed by atoms with Gasteiger partial charge in [0.05, 0.1) is 0 Å². The number of rotatable bonds is 1. The van der Waals surface area contributed by atoms with Gasteiger partial charge in [-0.15, -0.1) is 0 Å². The van der Waals surface area contributed by atoms with E-state index in [-0.39, 0.29) is 0 Å². The average molecular weight is 136 g/mol. The van der Waals surface area contributed by atoms with Crippen molar-refractivity contribution in [1.82, 2.24) is 0 Å². The van der Waals surface area contributed by atoms with E-state index >= 15 is 0 Å². The molecule has 2 aliphatic rings. The van der Waals surface area contributed by atoms with Crippen molar-refractivity contribution in [3.05, 3.63) is 12.2 Å². The highest BCUT2D eigenvalue weighted by molar-refractivity contribution is 5.13. The van der Waals surface area contributed by atoms with E-state index in [0.717, 1.165) is 11.8 Å². The van der Waals surface area contributed by atoms with Crippen molar-refractivity contribution < 1.29 is 0 Å². The lowest BCUT2D eigenvalue weighted by molar-refractivity contribution is 0.00814. The first kappa shape index (κ1) is 6.45. The third-order valence-electron chi connectivity index (χ3n) is 3.69. The molecule has 0 aromatic heterocycles. The van der Waals surface area contributed by atoms with Crippen LogP contribution < -0.4 is 0 Å². The second-order valence-electron chi connectivity index (χ2n) is 4.15. The SMILES string of the molecule is CCC1(C)CC2C=CCC21. The lowest BCUT2D eigenvalue weighted by Gasteiger charge is -2.50. The molecule has 0 nitrogen and oxygen atoms in total. The molecule has 0 spiro atoms. The molecule has 10 heavy (non-hydrogen) atoms. The van der Waals surface area contributed by atoms with Crippen molar-refractivity contribution >= 4 is 0 Å². The number of fused-ring (bicyclic) bond motifs is 1. The third kappa shape index (κ3) is 0.624. The molecule has 0 heterocycles. The van der Waals surface area contributed by atoms with Crippen molar-refractivity contribution in [3.8, 4) is 0 Å². The fraction of sp³-hybridized carbons (Fsp3) is 0.800. The maximum atomic E-state index is 2.45. The first-order valence-electron chi connectivity index (χ1n) is 4.43. The minimum Gasteiger partial charge on any atom is -0.0879 e. The Morgan fingerprint density at radius 2 is 2.40 bits per heavy atom. The number of hydrogen-bond donors (Lipinski definition) is 0. The molecule has 0 bridgehead atoms.